The number of imidazole rings is 1. The third-order valence-electron chi connectivity index (χ3n) is 2.58. The first-order valence-corrected chi connectivity index (χ1v) is 5.34. The molecule has 0 aliphatic heterocycles. The predicted octanol–water partition coefficient (Wildman–Crippen LogP) is 2.54. The van der Waals surface area contributed by atoms with Crippen molar-refractivity contribution in [2.24, 2.45) is 0 Å². The average molecular weight is 237 g/mol. The Labute approximate surface area is 97.9 Å². The van der Waals surface area contributed by atoms with Gasteiger partial charge < -0.3 is 10.3 Å². The first kappa shape index (κ1) is 11.7. The molecule has 1 heterocycles. The van der Waals surface area contributed by atoms with Crippen molar-refractivity contribution < 1.29 is 8.78 Å². The molecule has 90 valence electrons. The van der Waals surface area contributed by atoms with Crippen molar-refractivity contribution in [1.82, 2.24) is 15.3 Å². The zero-order chi connectivity index (χ0) is 12.3. The largest absolute Gasteiger partial charge is 0.347 e. The molecule has 5 heteroatoms. The first-order valence-electron chi connectivity index (χ1n) is 5.34. The fourth-order valence-electron chi connectivity index (χ4n) is 1.57. The highest BCUT2D eigenvalue weighted by molar-refractivity contribution is 5.19. The quantitative estimate of drug-likeness (QED) is 0.857. The van der Waals surface area contributed by atoms with E-state index < -0.39 is 11.6 Å². The van der Waals surface area contributed by atoms with E-state index in [9.17, 15) is 8.78 Å². The summed E-state index contributed by atoms with van der Waals surface area (Å²) in [5.41, 5.74) is 0.0471. The Balaban J connectivity index is 2.03. The van der Waals surface area contributed by atoms with Crippen LogP contribution in [0.1, 0.15) is 24.4 Å². The third kappa shape index (κ3) is 2.68. The molecule has 2 rings (SSSR count). The van der Waals surface area contributed by atoms with Gasteiger partial charge in [0.15, 0.2) is 0 Å². The second-order valence-corrected chi connectivity index (χ2v) is 3.78. The molecule has 0 bridgehead atoms. The van der Waals surface area contributed by atoms with Crippen molar-refractivity contribution in [3.8, 4) is 0 Å². The number of H-pyrrole nitrogens is 1. The monoisotopic (exact) mass is 237 g/mol. The molecule has 0 saturated heterocycles. The van der Waals surface area contributed by atoms with Crippen molar-refractivity contribution in [3.63, 3.8) is 0 Å². The van der Waals surface area contributed by atoms with Crippen LogP contribution in [0.4, 0.5) is 8.78 Å². The number of hydrogen-bond donors (Lipinski definition) is 2. The van der Waals surface area contributed by atoms with Crippen LogP contribution in [0.25, 0.3) is 0 Å². The normalized spacial score (nSPS) is 12.6. The predicted molar refractivity (Wildman–Crippen MR) is 60.2 cm³/mol. The smallest absolute Gasteiger partial charge is 0.130 e. The lowest BCUT2D eigenvalue weighted by atomic mass is 10.2. The molecule has 0 spiro atoms. The van der Waals surface area contributed by atoms with Gasteiger partial charge >= 0.3 is 0 Å². The summed E-state index contributed by atoms with van der Waals surface area (Å²) in [6, 6.07) is 3.75. The van der Waals surface area contributed by atoms with E-state index in [1.165, 1.54) is 18.2 Å². The molecule has 1 atom stereocenters. The fourth-order valence-corrected chi connectivity index (χ4v) is 1.57. The zero-order valence-electron chi connectivity index (χ0n) is 9.37. The lowest BCUT2D eigenvalue weighted by Gasteiger charge is -2.12. The molecule has 0 aliphatic carbocycles. The van der Waals surface area contributed by atoms with Gasteiger partial charge in [-0.3, -0.25) is 0 Å². The van der Waals surface area contributed by atoms with E-state index in [2.05, 4.69) is 15.3 Å². The number of benzene rings is 1. The van der Waals surface area contributed by atoms with Crippen LogP contribution >= 0.6 is 0 Å². The first-order chi connectivity index (χ1) is 8.18. The summed E-state index contributed by atoms with van der Waals surface area (Å²) in [7, 11) is 0. The van der Waals surface area contributed by atoms with E-state index in [1.54, 1.807) is 12.4 Å². The summed E-state index contributed by atoms with van der Waals surface area (Å²) in [5.74, 6) is -0.338. The van der Waals surface area contributed by atoms with Gasteiger partial charge in [0, 0.05) is 24.5 Å². The highest BCUT2D eigenvalue weighted by atomic mass is 19.1. The van der Waals surface area contributed by atoms with E-state index in [0.29, 0.717) is 0 Å². The summed E-state index contributed by atoms with van der Waals surface area (Å²) in [5, 5.41) is 3.01. The summed E-state index contributed by atoms with van der Waals surface area (Å²) >= 11 is 0. The Hall–Kier alpha value is -1.75. The van der Waals surface area contributed by atoms with E-state index in [4.69, 9.17) is 0 Å². The Kier molecular flexibility index (Phi) is 3.49. The molecule has 1 aromatic heterocycles. The number of aromatic amines is 1. The Morgan fingerprint density at radius 3 is 2.65 bits per heavy atom. The average Bonchev–Trinajstić information content (AvgIpc) is 2.81. The molecule has 0 fully saturated rings. The van der Waals surface area contributed by atoms with Crippen LogP contribution in [0.5, 0.6) is 0 Å². The van der Waals surface area contributed by atoms with Gasteiger partial charge in [0.25, 0.3) is 0 Å². The molecule has 1 aromatic carbocycles. The van der Waals surface area contributed by atoms with Crippen molar-refractivity contribution in [2.75, 3.05) is 0 Å². The van der Waals surface area contributed by atoms with Gasteiger partial charge in [-0.15, -0.1) is 0 Å². The minimum absolute atomic E-state index is 0.0471. The molecule has 17 heavy (non-hydrogen) atoms. The number of rotatable bonds is 4. The summed E-state index contributed by atoms with van der Waals surface area (Å²) < 4.78 is 26.7. The van der Waals surface area contributed by atoms with Gasteiger partial charge in [-0.05, 0) is 19.1 Å². The number of hydrogen-bond acceptors (Lipinski definition) is 2. The standard InChI is InChI=1S/C12H13F2N3/c1-8(12-15-5-6-16-12)17-7-9-10(13)3-2-4-11(9)14/h2-6,8,17H,7H2,1H3,(H,15,16). The molecule has 2 aromatic rings. The molecule has 1 unspecified atom stereocenters. The number of halogens is 2. The van der Waals surface area contributed by atoms with Crippen LogP contribution in [0, 0.1) is 11.6 Å². The van der Waals surface area contributed by atoms with Crippen LogP contribution in [-0.2, 0) is 6.54 Å². The van der Waals surface area contributed by atoms with Gasteiger partial charge in [0.1, 0.15) is 17.5 Å². The summed E-state index contributed by atoms with van der Waals surface area (Å²) in [6.07, 6.45) is 3.34. The van der Waals surface area contributed by atoms with Crippen LogP contribution in [0.15, 0.2) is 30.6 Å². The van der Waals surface area contributed by atoms with Crippen molar-refractivity contribution >= 4 is 0 Å². The minimum Gasteiger partial charge on any atom is -0.347 e. The maximum Gasteiger partial charge on any atom is 0.130 e. The minimum atomic E-state index is -0.538. The second-order valence-electron chi connectivity index (χ2n) is 3.78. The molecule has 0 aliphatic rings. The van der Waals surface area contributed by atoms with Gasteiger partial charge in [-0.25, -0.2) is 13.8 Å². The van der Waals surface area contributed by atoms with Crippen LogP contribution < -0.4 is 5.32 Å². The molecular weight excluding hydrogens is 224 g/mol. The van der Waals surface area contributed by atoms with Gasteiger partial charge in [-0.2, -0.15) is 0 Å². The van der Waals surface area contributed by atoms with Gasteiger partial charge in [0.05, 0.1) is 6.04 Å². The summed E-state index contributed by atoms with van der Waals surface area (Å²) in [6.45, 7) is 2.00. The van der Waals surface area contributed by atoms with Crippen molar-refractivity contribution in [1.29, 1.82) is 0 Å². The summed E-state index contributed by atoms with van der Waals surface area (Å²) in [4.78, 5) is 7.01. The fraction of sp³-hybridized carbons (Fsp3) is 0.250. The molecule has 0 amide bonds. The zero-order valence-corrected chi connectivity index (χ0v) is 9.37. The molecule has 3 nitrogen and oxygen atoms in total. The number of nitrogens with zero attached hydrogens (tertiary/aromatic N) is 1. The van der Waals surface area contributed by atoms with Crippen LogP contribution in [-0.4, -0.2) is 9.97 Å². The topological polar surface area (TPSA) is 40.7 Å². The van der Waals surface area contributed by atoms with Crippen molar-refractivity contribution in [2.45, 2.75) is 19.5 Å². The SMILES string of the molecule is CC(NCc1c(F)cccc1F)c1ncc[nH]1. The molecule has 0 saturated carbocycles. The van der Waals surface area contributed by atoms with Crippen LogP contribution in [0.2, 0.25) is 0 Å². The maximum atomic E-state index is 13.3. The lowest BCUT2D eigenvalue weighted by Crippen LogP contribution is -2.20. The van der Waals surface area contributed by atoms with E-state index in [0.717, 1.165) is 5.82 Å². The molecule has 2 N–H and O–H groups in total. The Bertz CT molecular complexity index is 462. The van der Waals surface area contributed by atoms with E-state index in [1.807, 2.05) is 6.92 Å². The number of aromatic nitrogens is 2. The highest BCUT2D eigenvalue weighted by Gasteiger charge is 2.11. The Morgan fingerprint density at radius 2 is 2.06 bits per heavy atom. The second kappa shape index (κ2) is 5.05. The van der Waals surface area contributed by atoms with Crippen LogP contribution in [0.3, 0.4) is 0 Å². The Morgan fingerprint density at radius 1 is 1.35 bits per heavy atom. The lowest BCUT2D eigenvalue weighted by molar-refractivity contribution is 0.500. The molecule has 0 radical (unpaired) electrons. The molecular formula is C12H13F2N3. The van der Waals surface area contributed by atoms with Gasteiger partial charge in [-0.1, -0.05) is 6.07 Å². The van der Waals surface area contributed by atoms with Crippen molar-refractivity contribution in [3.05, 3.63) is 53.6 Å². The highest BCUT2D eigenvalue weighted by Crippen LogP contribution is 2.13. The van der Waals surface area contributed by atoms with Gasteiger partial charge in [0.2, 0.25) is 0 Å². The number of nitrogens with one attached hydrogen (secondary N) is 2. The third-order valence-corrected chi connectivity index (χ3v) is 2.58. The van der Waals surface area contributed by atoms with E-state index in [-0.39, 0.29) is 18.2 Å². The van der Waals surface area contributed by atoms with E-state index >= 15 is 0 Å². The maximum absolute atomic E-state index is 13.3.